The third-order valence-electron chi connectivity index (χ3n) is 5.62. The number of carbonyl (C=O) groups excluding carboxylic acids is 1. The van der Waals surface area contributed by atoms with E-state index in [1.807, 2.05) is 24.3 Å². The van der Waals surface area contributed by atoms with Crippen molar-refractivity contribution in [2.75, 3.05) is 24.3 Å². The normalized spacial score (nSPS) is 15.9. The van der Waals surface area contributed by atoms with Crippen molar-refractivity contribution in [2.45, 2.75) is 36.9 Å². The van der Waals surface area contributed by atoms with Crippen molar-refractivity contribution >= 4 is 34.3 Å². The number of hydrogen-bond donors (Lipinski definition) is 1. The van der Waals surface area contributed by atoms with Gasteiger partial charge >= 0.3 is 0 Å². The quantitative estimate of drug-likeness (QED) is 0.480. The highest BCUT2D eigenvalue weighted by Crippen LogP contribution is 2.34. The molecule has 2 aliphatic rings. The van der Waals surface area contributed by atoms with Gasteiger partial charge in [-0.15, -0.1) is 0 Å². The lowest BCUT2D eigenvalue weighted by atomic mass is 10.2. The van der Waals surface area contributed by atoms with Gasteiger partial charge in [0.15, 0.2) is 16.7 Å². The monoisotopic (exact) mass is 437 g/mol. The lowest BCUT2D eigenvalue weighted by Crippen LogP contribution is -2.27. The van der Waals surface area contributed by atoms with Crippen LogP contribution in [-0.4, -0.2) is 34.4 Å². The van der Waals surface area contributed by atoms with Crippen LogP contribution in [0.25, 0.3) is 10.9 Å². The van der Waals surface area contributed by atoms with Crippen LogP contribution in [0.3, 0.4) is 0 Å². The van der Waals surface area contributed by atoms with Crippen molar-refractivity contribution in [1.29, 1.82) is 0 Å². The fourth-order valence-electron chi connectivity index (χ4n) is 4.16. The highest BCUT2D eigenvalue weighted by Gasteiger charge is 2.23. The lowest BCUT2D eigenvalue weighted by molar-refractivity contribution is -0.113. The number of para-hydroxylation sites is 1. The van der Waals surface area contributed by atoms with Crippen molar-refractivity contribution < 1.29 is 14.3 Å². The molecule has 8 heteroatoms. The number of aromatic nitrogens is 2. The molecule has 7 nitrogen and oxygen atoms in total. The van der Waals surface area contributed by atoms with Gasteiger partial charge in [-0.1, -0.05) is 36.7 Å². The SMILES string of the molecule is O=C(CSc1nc2ccccc2c(=O)n1C1CCCC1)Nc1ccc2c(c1)OCCO2. The van der Waals surface area contributed by atoms with Crippen LogP contribution >= 0.6 is 11.8 Å². The van der Waals surface area contributed by atoms with Crippen LogP contribution in [0.1, 0.15) is 31.7 Å². The highest BCUT2D eigenvalue weighted by atomic mass is 32.2. The molecule has 1 N–H and O–H groups in total. The Bertz CT molecular complexity index is 1190. The summed E-state index contributed by atoms with van der Waals surface area (Å²) < 4.78 is 12.9. The van der Waals surface area contributed by atoms with Crippen molar-refractivity contribution in [2.24, 2.45) is 0 Å². The number of benzene rings is 2. The van der Waals surface area contributed by atoms with Gasteiger partial charge in [0.2, 0.25) is 5.91 Å². The molecule has 0 atom stereocenters. The van der Waals surface area contributed by atoms with E-state index in [-0.39, 0.29) is 23.3 Å². The first kappa shape index (κ1) is 19.9. The van der Waals surface area contributed by atoms with Crippen LogP contribution in [0.2, 0.25) is 0 Å². The Labute approximate surface area is 183 Å². The molecule has 160 valence electrons. The van der Waals surface area contributed by atoms with Crippen molar-refractivity contribution in [3.63, 3.8) is 0 Å². The van der Waals surface area contributed by atoms with Crippen molar-refractivity contribution in [3.05, 3.63) is 52.8 Å². The average molecular weight is 438 g/mol. The number of carbonyl (C=O) groups is 1. The Morgan fingerprint density at radius 2 is 1.87 bits per heavy atom. The summed E-state index contributed by atoms with van der Waals surface area (Å²) in [4.78, 5) is 30.5. The van der Waals surface area contributed by atoms with Crippen LogP contribution in [0.5, 0.6) is 11.5 Å². The summed E-state index contributed by atoms with van der Waals surface area (Å²) in [6, 6.07) is 12.9. The minimum absolute atomic E-state index is 0.0211. The van der Waals surface area contributed by atoms with E-state index in [0.29, 0.717) is 46.5 Å². The van der Waals surface area contributed by atoms with Crippen LogP contribution in [0.4, 0.5) is 5.69 Å². The molecule has 0 bridgehead atoms. The van der Waals surface area contributed by atoms with Crippen molar-refractivity contribution in [1.82, 2.24) is 9.55 Å². The summed E-state index contributed by atoms with van der Waals surface area (Å²) in [6.45, 7) is 1.02. The number of ether oxygens (including phenoxy) is 2. The van der Waals surface area contributed by atoms with E-state index in [0.717, 1.165) is 25.7 Å². The molecule has 5 rings (SSSR count). The minimum atomic E-state index is -0.165. The van der Waals surface area contributed by atoms with E-state index in [4.69, 9.17) is 14.5 Å². The molecule has 1 aliphatic carbocycles. The lowest BCUT2D eigenvalue weighted by Gasteiger charge is -2.19. The summed E-state index contributed by atoms with van der Waals surface area (Å²) in [7, 11) is 0. The number of nitrogens with one attached hydrogen (secondary N) is 1. The predicted molar refractivity (Wildman–Crippen MR) is 120 cm³/mol. The Kier molecular flexibility index (Phi) is 5.55. The Morgan fingerprint density at radius 1 is 1.10 bits per heavy atom. The third-order valence-corrected chi connectivity index (χ3v) is 6.58. The van der Waals surface area contributed by atoms with Crippen LogP contribution in [-0.2, 0) is 4.79 Å². The number of hydrogen-bond acceptors (Lipinski definition) is 6. The second-order valence-corrected chi connectivity index (χ2v) is 8.66. The van der Waals surface area contributed by atoms with Gasteiger partial charge in [0.05, 0.1) is 16.7 Å². The van der Waals surface area contributed by atoms with Gasteiger partial charge in [0.25, 0.3) is 5.56 Å². The molecular formula is C23H23N3O4S. The standard InChI is InChI=1S/C23H23N3O4S/c27-21(24-15-9-10-19-20(13-15)30-12-11-29-19)14-31-23-25-18-8-4-3-7-17(18)22(28)26(23)16-5-1-2-6-16/h3-4,7-10,13,16H,1-2,5-6,11-12,14H2,(H,24,27). The Morgan fingerprint density at radius 3 is 2.71 bits per heavy atom. The van der Waals surface area contributed by atoms with E-state index in [9.17, 15) is 9.59 Å². The molecule has 1 saturated carbocycles. The number of anilines is 1. The highest BCUT2D eigenvalue weighted by molar-refractivity contribution is 7.99. The maximum Gasteiger partial charge on any atom is 0.262 e. The first-order valence-electron chi connectivity index (χ1n) is 10.5. The zero-order chi connectivity index (χ0) is 21.2. The summed E-state index contributed by atoms with van der Waals surface area (Å²) in [5.41, 5.74) is 1.29. The summed E-state index contributed by atoms with van der Waals surface area (Å²) in [6.07, 6.45) is 4.16. The van der Waals surface area contributed by atoms with Gasteiger partial charge in [0.1, 0.15) is 13.2 Å². The van der Waals surface area contributed by atoms with Gasteiger partial charge in [-0.05, 0) is 37.1 Å². The zero-order valence-corrected chi connectivity index (χ0v) is 17.8. The van der Waals surface area contributed by atoms with E-state index in [2.05, 4.69) is 5.32 Å². The fraction of sp³-hybridized carbons (Fsp3) is 0.348. The van der Waals surface area contributed by atoms with Crippen molar-refractivity contribution in [3.8, 4) is 11.5 Å². The Balaban J connectivity index is 1.36. The summed E-state index contributed by atoms with van der Waals surface area (Å²) in [5.74, 6) is 1.30. The number of fused-ring (bicyclic) bond motifs is 2. The van der Waals surface area contributed by atoms with Crippen LogP contribution in [0, 0.1) is 0 Å². The van der Waals surface area contributed by atoms with Gasteiger partial charge in [-0.3, -0.25) is 14.2 Å². The number of amides is 1. The van der Waals surface area contributed by atoms with Gasteiger partial charge in [-0.2, -0.15) is 0 Å². The van der Waals surface area contributed by atoms with Gasteiger partial charge < -0.3 is 14.8 Å². The third kappa shape index (κ3) is 4.12. The molecule has 1 aliphatic heterocycles. The number of thioether (sulfide) groups is 1. The topological polar surface area (TPSA) is 82.5 Å². The molecule has 31 heavy (non-hydrogen) atoms. The van der Waals surface area contributed by atoms with E-state index < -0.39 is 0 Å². The molecule has 2 aromatic carbocycles. The first-order valence-corrected chi connectivity index (χ1v) is 11.5. The first-order chi connectivity index (χ1) is 15.2. The largest absolute Gasteiger partial charge is 0.486 e. The van der Waals surface area contributed by atoms with Crippen LogP contribution < -0.4 is 20.3 Å². The zero-order valence-electron chi connectivity index (χ0n) is 17.0. The van der Waals surface area contributed by atoms with E-state index in [1.165, 1.54) is 11.8 Å². The van der Waals surface area contributed by atoms with Gasteiger partial charge in [0, 0.05) is 17.8 Å². The molecule has 1 aromatic heterocycles. The summed E-state index contributed by atoms with van der Waals surface area (Å²) in [5, 5.41) is 4.12. The second kappa shape index (κ2) is 8.63. The molecule has 0 spiro atoms. The van der Waals surface area contributed by atoms with E-state index in [1.54, 1.807) is 22.8 Å². The molecule has 1 fully saturated rings. The molecule has 2 heterocycles. The maximum absolute atomic E-state index is 13.2. The molecule has 3 aromatic rings. The smallest absolute Gasteiger partial charge is 0.262 e. The molecule has 1 amide bonds. The predicted octanol–water partition coefficient (Wildman–Crippen LogP) is 4.01. The molecular weight excluding hydrogens is 414 g/mol. The van der Waals surface area contributed by atoms with Crippen LogP contribution in [0.15, 0.2) is 52.4 Å². The second-order valence-electron chi connectivity index (χ2n) is 7.72. The molecule has 0 saturated heterocycles. The van der Waals surface area contributed by atoms with E-state index >= 15 is 0 Å². The minimum Gasteiger partial charge on any atom is -0.486 e. The van der Waals surface area contributed by atoms with Gasteiger partial charge in [-0.25, -0.2) is 4.98 Å². The maximum atomic E-state index is 13.2. The summed E-state index contributed by atoms with van der Waals surface area (Å²) >= 11 is 1.30. The fourth-order valence-corrected chi connectivity index (χ4v) is 5.03. The number of nitrogens with zero attached hydrogens (tertiary/aromatic N) is 2. The Hall–Kier alpha value is -3.00. The molecule has 0 radical (unpaired) electrons. The number of rotatable bonds is 5. The average Bonchev–Trinajstić information content (AvgIpc) is 3.32. The molecule has 0 unspecified atom stereocenters.